The van der Waals surface area contributed by atoms with Crippen molar-refractivity contribution in [3.05, 3.63) is 75.9 Å². The molecule has 1 atom stereocenters. The molecule has 3 aromatic rings. The fourth-order valence-electron chi connectivity index (χ4n) is 3.95. The van der Waals surface area contributed by atoms with Gasteiger partial charge in [0.1, 0.15) is 0 Å². The van der Waals surface area contributed by atoms with Crippen molar-refractivity contribution in [1.82, 2.24) is 5.32 Å². The van der Waals surface area contributed by atoms with Crippen LogP contribution in [0.15, 0.2) is 58.5 Å². The lowest BCUT2D eigenvalue weighted by atomic mass is 10.1. The number of carbonyl (C=O) groups is 2. The van der Waals surface area contributed by atoms with Crippen LogP contribution in [0.4, 0.5) is 5.69 Å². The van der Waals surface area contributed by atoms with E-state index in [2.05, 4.69) is 5.32 Å². The van der Waals surface area contributed by atoms with Crippen LogP contribution in [0.1, 0.15) is 58.3 Å². The molecule has 2 heterocycles. The van der Waals surface area contributed by atoms with E-state index in [0.717, 1.165) is 41.7 Å². The number of nitrogens with one attached hydrogen (secondary N) is 1. The summed E-state index contributed by atoms with van der Waals surface area (Å²) in [7, 11) is 0. The van der Waals surface area contributed by atoms with Crippen molar-refractivity contribution in [2.75, 3.05) is 4.90 Å². The zero-order chi connectivity index (χ0) is 21.1. The molecule has 4 rings (SSSR count). The first-order chi connectivity index (χ1) is 14.5. The molecule has 1 aromatic carbocycles. The van der Waals surface area contributed by atoms with E-state index in [9.17, 15) is 9.59 Å². The summed E-state index contributed by atoms with van der Waals surface area (Å²) >= 11 is 1.48. The Morgan fingerprint density at radius 3 is 2.53 bits per heavy atom. The van der Waals surface area contributed by atoms with E-state index in [1.807, 2.05) is 49.6 Å². The summed E-state index contributed by atoms with van der Waals surface area (Å²) in [5.41, 5.74) is 2.87. The molecule has 6 heteroatoms. The monoisotopic (exact) mass is 422 g/mol. The average molecular weight is 423 g/mol. The number of thiophene rings is 1. The van der Waals surface area contributed by atoms with Gasteiger partial charge in [-0.15, -0.1) is 11.3 Å². The van der Waals surface area contributed by atoms with Crippen molar-refractivity contribution in [3.63, 3.8) is 0 Å². The van der Waals surface area contributed by atoms with Gasteiger partial charge in [0, 0.05) is 16.6 Å². The van der Waals surface area contributed by atoms with E-state index in [1.165, 1.54) is 17.6 Å². The third-order valence-corrected chi connectivity index (χ3v) is 6.66. The van der Waals surface area contributed by atoms with Crippen LogP contribution in [-0.2, 0) is 4.79 Å². The molecule has 5 nitrogen and oxygen atoms in total. The quantitative estimate of drug-likeness (QED) is 0.578. The molecule has 30 heavy (non-hydrogen) atoms. The molecule has 0 unspecified atom stereocenters. The van der Waals surface area contributed by atoms with Crippen molar-refractivity contribution in [2.45, 2.75) is 51.6 Å². The first-order valence-electron chi connectivity index (χ1n) is 10.3. The number of hydrogen-bond donors (Lipinski definition) is 1. The average Bonchev–Trinajstić information content (AvgIpc) is 3.50. The van der Waals surface area contributed by atoms with Crippen LogP contribution >= 0.6 is 11.3 Å². The Bertz CT molecular complexity index is 1010. The second kappa shape index (κ2) is 8.88. The molecule has 0 bridgehead atoms. The lowest BCUT2D eigenvalue weighted by Crippen LogP contribution is -2.46. The molecule has 2 amide bonds. The molecule has 1 saturated carbocycles. The van der Waals surface area contributed by atoms with Gasteiger partial charge < -0.3 is 9.73 Å². The van der Waals surface area contributed by atoms with Crippen molar-refractivity contribution < 1.29 is 14.0 Å². The Morgan fingerprint density at radius 2 is 1.90 bits per heavy atom. The number of rotatable bonds is 6. The van der Waals surface area contributed by atoms with Crippen molar-refractivity contribution in [2.24, 2.45) is 0 Å². The van der Waals surface area contributed by atoms with Crippen LogP contribution in [0, 0.1) is 13.8 Å². The van der Waals surface area contributed by atoms with Crippen molar-refractivity contribution >= 4 is 28.8 Å². The molecule has 0 spiro atoms. The van der Waals surface area contributed by atoms with E-state index >= 15 is 0 Å². The van der Waals surface area contributed by atoms with Gasteiger partial charge in [-0.25, -0.2) is 0 Å². The summed E-state index contributed by atoms with van der Waals surface area (Å²) in [6, 6.07) is 12.4. The standard InChI is InChI=1S/C24H26N2O3S/c1-16-11-12-19(15-17(16)2)26(24(28)20-9-5-13-29-20)22(21-10-6-14-30-21)23(27)25-18-7-3-4-8-18/h5-6,9-15,18,22H,3-4,7-8H2,1-2H3,(H,25,27)/t22-/m1/s1. The summed E-state index contributed by atoms with van der Waals surface area (Å²) in [6.45, 7) is 4.04. The third-order valence-electron chi connectivity index (χ3n) is 5.74. The number of aryl methyl sites for hydroxylation is 2. The van der Waals surface area contributed by atoms with Gasteiger partial charge in [-0.3, -0.25) is 14.5 Å². The highest BCUT2D eigenvalue weighted by molar-refractivity contribution is 7.10. The van der Waals surface area contributed by atoms with E-state index < -0.39 is 6.04 Å². The Hall–Kier alpha value is -2.86. The van der Waals surface area contributed by atoms with Crippen LogP contribution in [0.5, 0.6) is 0 Å². The molecule has 2 aromatic heterocycles. The SMILES string of the molecule is Cc1ccc(N(C(=O)c2ccco2)[C@@H](C(=O)NC2CCCC2)c2cccs2)cc1C. The maximum Gasteiger partial charge on any atom is 0.295 e. The second-order valence-corrected chi connectivity index (χ2v) is 8.81. The summed E-state index contributed by atoms with van der Waals surface area (Å²) < 4.78 is 5.41. The molecule has 0 radical (unpaired) electrons. The minimum atomic E-state index is -0.759. The number of nitrogens with zero attached hydrogens (tertiary/aromatic N) is 1. The summed E-state index contributed by atoms with van der Waals surface area (Å²) in [4.78, 5) is 29.4. The third kappa shape index (κ3) is 4.19. The highest BCUT2D eigenvalue weighted by Gasteiger charge is 2.36. The highest BCUT2D eigenvalue weighted by atomic mass is 32.1. The Kier molecular flexibility index (Phi) is 6.04. The van der Waals surface area contributed by atoms with Crippen molar-refractivity contribution in [1.29, 1.82) is 0 Å². The Balaban J connectivity index is 1.78. The molecule has 1 fully saturated rings. The first kappa shape index (κ1) is 20.4. The van der Waals surface area contributed by atoms with Crippen LogP contribution in [0.25, 0.3) is 0 Å². The van der Waals surface area contributed by atoms with Crippen LogP contribution in [0.3, 0.4) is 0 Å². The van der Waals surface area contributed by atoms with Crippen LogP contribution in [0.2, 0.25) is 0 Å². The van der Waals surface area contributed by atoms with E-state index in [0.29, 0.717) is 5.69 Å². The smallest absolute Gasteiger partial charge is 0.295 e. The number of hydrogen-bond acceptors (Lipinski definition) is 4. The predicted octanol–water partition coefficient (Wildman–Crippen LogP) is 5.40. The molecule has 1 aliphatic carbocycles. The lowest BCUT2D eigenvalue weighted by Gasteiger charge is -2.31. The fraction of sp³-hybridized carbons (Fsp3) is 0.333. The van der Waals surface area contributed by atoms with E-state index in [1.54, 1.807) is 17.0 Å². The topological polar surface area (TPSA) is 62.6 Å². The van der Waals surface area contributed by atoms with Gasteiger partial charge in [0.15, 0.2) is 11.8 Å². The zero-order valence-electron chi connectivity index (χ0n) is 17.3. The molecule has 1 aliphatic rings. The summed E-state index contributed by atoms with van der Waals surface area (Å²) in [5.74, 6) is -0.269. The Morgan fingerprint density at radius 1 is 1.10 bits per heavy atom. The minimum absolute atomic E-state index is 0.150. The van der Waals surface area contributed by atoms with E-state index in [4.69, 9.17) is 4.42 Å². The van der Waals surface area contributed by atoms with Gasteiger partial charge in [-0.05, 0) is 73.5 Å². The van der Waals surface area contributed by atoms with Crippen LogP contribution < -0.4 is 10.2 Å². The molecule has 0 aliphatic heterocycles. The van der Waals surface area contributed by atoms with Gasteiger partial charge in [-0.1, -0.05) is 25.0 Å². The largest absolute Gasteiger partial charge is 0.459 e. The molecule has 1 N–H and O–H groups in total. The number of anilines is 1. The van der Waals surface area contributed by atoms with E-state index in [-0.39, 0.29) is 23.6 Å². The van der Waals surface area contributed by atoms with Gasteiger partial charge in [0.2, 0.25) is 5.91 Å². The Labute approximate surface area is 180 Å². The van der Waals surface area contributed by atoms with Gasteiger partial charge >= 0.3 is 0 Å². The maximum atomic E-state index is 13.5. The number of benzene rings is 1. The van der Waals surface area contributed by atoms with Crippen molar-refractivity contribution in [3.8, 4) is 0 Å². The zero-order valence-corrected chi connectivity index (χ0v) is 18.1. The number of amides is 2. The summed E-state index contributed by atoms with van der Waals surface area (Å²) in [5, 5.41) is 5.12. The molecular formula is C24H26N2O3S. The first-order valence-corrected chi connectivity index (χ1v) is 11.2. The number of carbonyl (C=O) groups excluding carboxylic acids is 2. The predicted molar refractivity (Wildman–Crippen MR) is 119 cm³/mol. The van der Waals surface area contributed by atoms with Gasteiger partial charge in [0.05, 0.1) is 6.26 Å². The lowest BCUT2D eigenvalue weighted by molar-refractivity contribution is -0.123. The maximum absolute atomic E-state index is 13.5. The van der Waals surface area contributed by atoms with Gasteiger partial charge in [0.25, 0.3) is 5.91 Å². The van der Waals surface area contributed by atoms with Crippen LogP contribution in [-0.4, -0.2) is 17.9 Å². The van der Waals surface area contributed by atoms with Gasteiger partial charge in [-0.2, -0.15) is 0 Å². The normalized spacial score (nSPS) is 15.1. The summed E-state index contributed by atoms with van der Waals surface area (Å²) in [6.07, 6.45) is 5.70. The number of furan rings is 1. The second-order valence-electron chi connectivity index (χ2n) is 7.83. The molecule has 0 saturated heterocycles. The molecular weight excluding hydrogens is 396 g/mol. The highest BCUT2D eigenvalue weighted by Crippen LogP contribution is 2.33. The molecule has 156 valence electrons. The minimum Gasteiger partial charge on any atom is -0.459 e. The fourth-order valence-corrected chi connectivity index (χ4v) is 4.76.